The van der Waals surface area contributed by atoms with E-state index in [-0.39, 0.29) is 5.91 Å². The number of hydrogen-bond acceptors (Lipinski definition) is 4. The number of piperidine rings is 3. The number of hydrogen-bond donors (Lipinski definition) is 0. The summed E-state index contributed by atoms with van der Waals surface area (Å²) in [7, 11) is 1.73. The maximum atomic E-state index is 13.2. The summed E-state index contributed by atoms with van der Waals surface area (Å²) in [6.45, 7) is 2.91. The topological polar surface area (TPSA) is 45.7 Å². The molecule has 30 heavy (non-hydrogen) atoms. The molecular formula is C25H31N3O2. The molecule has 3 aliphatic heterocycles. The third kappa shape index (κ3) is 3.71. The fourth-order valence-electron chi connectivity index (χ4n) is 6.05. The number of ether oxygens (including phenoxy) is 1. The Morgan fingerprint density at radius 1 is 1.13 bits per heavy atom. The highest BCUT2D eigenvalue weighted by Gasteiger charge is 2.47. The van der Waals surface area contributed by atoms with Crippen LogP contribution in [0.2, 0.25) is 0 Å². The molecule has 0 aliphatic carbocycles. The van der Waals surface area contributed by atoms with Crippen molar-refractivity contribution >= 4 is 5.91 Å². The molecule has 0 saturated carbocycles. The molecule has 3 aliphatic rings. The Hall–Kier alpha value is -2.40. The Labute approximate surface area is 179 Å². The van der Waals surface area contributed by atoms with Gasteiger partial charge in [0.2, 0.25) is 0 Å². The lowest BCUT2D eigenvalue weighted by molar-refractivity contribution is -0.0643. The van der Waals surface area contributed by atoms with Gasteiger partial charge >= 0.3 is 0 Å². The van der Waals surface area contributed by atoms with Crippen LogP contribution >= 0.6 is 0 Å². The number of amides is 1. The van der Waals surface area contributed by atoms with Gasteiger partial charge in [0, 0.05) is 31.4 Å². The average Bonchev–Trinajstić information content (AvgIpc) is 2.82. The smallest absolute Gasteiger partial charge is 0.272 e. The minimum Gasteiger partial charge on any atom is -0.497 e. The second-order valence-corrected chi connectivity index (χ2v) is 9.10. The van der Waals surface area contributed by atoms with E-state index in [1.165, 1.54) is 37.8 Å². The summed E-state index contributed by atoms with van der Waals surface area (Å²) >= 11 is 0. The van der Waals surface area contributed by atoms with E-state index in [1.54, 1.807) is 13.3 Å². The molecule has 5 nitrogen and oxygen atoms in total. The van der Waals surface area contributed by atoms with Crippen molar-refractivity contribution in [1.82, 2.24) is 14.8 Å². The lowest BCUT2D eigenvalue weighted by Gasteiger charge is -2.57. The summed E-state index contributed by atoms with van der Waals surface area (Å²) in [6.07, 6.45) is 7.84. The first-order valence-corrected chi connectivity index (χ1v) is 11.3. The van der Waals surface area contributed by atoms with E-state index in [0.717, 1.165) is 25.3 Å². The Bertz CT molecular complexity index is 887. The first-order chi connectivity index (χ1) is 14.7. The van der Waals surface area contributed by atoms with Crippen molar-refractivity contribution in [3.63, 3.8) is 0 Å². The Kier molecular flexibility index (Phi) is 5.47. The van der Waals surface area contributed by atoms with Crippen molar-refractivity contribution in [3.8, 4) is 5.75 Å². The van der Waals surface area contributed by atoms with Crippen molar-refractivity contribution in [3.05, 3.63) is 59.9 Å². The molecule has 5 rings (SSSR count). The fourth-order valence-corrected chi connectivity index (χ4v) is 6.05. The number of likely N-dealkylation sites (tertiary alicyclic amines) is 1. The molecule has 2 bridgehead atoms. The van der Waals surface area contributed by atoms with Crippen LogP contribution in [0, 0.1) is 11.8 Å². The van der Waals surface area contributed by atoms with Gasteiger partial charge in [-0.3, -0.25) is 14.7 Å². The van der Waals surface area contributed by atoms with Crippen LogP contribution in [0.15, 0.2) is 48.7 Å². The Morgan fingerprint density at radius 3 is 2.87 bits per heavy atom. The molecular weight excluding hydrogens is 374 g/mol. The normalized spacial score (nSPS) is 28.6. The van der Waals surface area contributed by atoms with E-state index >= 15 is 0 Å². The van der Waals surface area contributed by atoms with Crippen LogP contribution in [-0.2, 0) is 6.42 Å². The molecule has 2 aromatic rings. The monoisotopic (exact) mass is 405 g/mol. The van der Waals surface area contributed by atoms with Crippen molar-refractivity contribution in [1.29, 1.82) is 0 Å². The highest BCUT2D eigenvalue weighted by atomic mass is 16.5. The summed E-state index contributed by atoms with van der Waals surface area (Å²) in [5.41, 5.74) is 1.90. The largest absolute Gasteiger partial charge is 0.497 e. The molecule has 1 aromatic heterocycles. The molecule has 0 unspecified atom stereocenters. The minimum atomic E-state index is 0.0923. The molecule has 5 heteroatoms. The number of benzene rings is 1. The number of aromatic nitrogens is 1. The summed E-state index contributed by atoms with van der Waals surface area (Å²) in [5, 5.41) is 0. The quantitative estimate of drug-likeness (QED) is 0.779. The van der Waals surface area contributed by atoms with Crippen LogP contribution in [0.4, 0.5) is 0 Å². The van der Waals surface area contributed by atoms with Crippen LogP contribution < -0.4 is 4.74 Å². The van der Waals surface area contributed by atoms with Crippen molar-refractivity contribution < 1.29 is 9.53 Å². The summed E-state index contributed by atoms with van der Waals surface area (Å²) < 4.78 is 5.46. The maximum absolute atomic E-state index is 13.2. The van der Waals surface area contributed by atoms with Crippen LogP contribution in [0.5, 0.6) is 5.75 Å². The predicted octanol–water partition coefficient (Wildman–Crippen LogP) is 3.65. The zero-order chi connectivity index (χ0) is 20.5. The van der Waals surface area contributed by atoms with Gasteiger partial charge in [-0.15, -0.1) is 0 Å². The Morgan fingerprint density at radius 2 is 2.03 bits per heavy atom. The SMILES string of the molecule is COc1cccc(C[C@H]2[C@H]3C[C@H](CN(C(=O)c4ccccn4)C3)[C@@H]3CCCCN32)c1. The van der Waals surface area contributed by atoms with Gasteiger partial charge in [-0.2, -0.15) is 0 Å². The zero-order valence-corrected chi connectivity index (χ0v) is 17.7. The lowest BCUT2D eigenvalue weighted by atomic mass is 9.71. The van der Waals surface area contributed by atoms with E-state index in [0.29, 0.717) is 29.6 Å². The molecule has 3 fully saturated rings. The van der Waals surface area contributed by atoms with Crippen LogP contribution in [0.25, 0.3) is 0 Å². The van der Waals surface area contributed by atoms with Crippen molar-refractivity contribution in [2.75, 3.05) is 26.7 Å². The molecule has 1 amide bonds. The standard InChI is InChI=1S/C25H31N3O2/c1-30-21-8-6-7-18(13-21)14-24-20-15-19(23-10-3-5-12-28(23)24)16-27(17-20)25(29)22-9-2-4-11-26-22/h2,4,6-9,11,13,19-20,23-24H,3,5,10,12,14-17H2,1H3/t19-,20+,23+,24+/m1/s1. The number of carbonyl (C=O) groups is 1. The van der Waals surface area contributed by atoms with Crippen molar-refractivity contribution in [2.45, 2.75) is 44.2 Å². The number of rotatable bonds is 4. The van der Waals surface area contributed by atoms with Crippen LogP contribution in [0.1, 0.15) is 41.7 Å². The molecule has 0 N–H and O–H groups in total. The lowest BCUT2D eigenvalue weighted by Crippen LogP contribution is -2.64. The van der Waals surface area contributed by atoms with Gasteiger partial charge in [0.25, 0.3) is 5.91 Å². The van der Waals surface area contributed by atoms with Gasteiger partial charge in [0.1, 0.15) is 11.4 Å². The van der Waals surface area contributed by atoms with E-state index in [9.17, 15) is 4.79 Å². The van der Waals surface area contributed by atoms with E-state index in [1.807, 2.05) is 24.3 Å². The van der Waals surface area contributed by atoms with Gasteiger partial charge in [-0.25, -0.2) is 0 Å². The van der Waals surface area contributed by atoms with Gasteiger partial charge in [-0.05, 0) is 73.9 Å². The Balaban J connectivity index is 1.41. The number of methoxy groups -OCH3 is 1. The number of pyridine rings is 1. The number of carbonyl (C=O) groups excluding carboxylic acids is 1. The zero-order valence-electron chi connectivity index (χ0n) is 17.7. The van der Waals surface area contributed by atoms with Gasteiger partial charge in [0.05, 0.1) is 7.11 Å². The predicted molar refractivity (Wildman–Crippen MR) is 117 cm³/mol. The van der Waals surface area contributed by atoms with Gasteiger partial charge < -0.3 is 9.64 Å². The van der Waals surface area contributed by atoms with E-state index in [4.69, 9.17) is 4.74 Å². The summed E-state index contributed by atoms with van der Waals surface area (Å²) in [4.78, 5) is 22.4. The number of nitrogens with zero attached hydrogens (tertiary/aromatic N) is 3. The summed E-state index contributed by atoms with van der Waals surface area (Å²) in [6, 6.07) is 15.2. The van der Waals surface area contributed by atoms with E-state index in [2.05, 4.69) is 33.0 Å². The van der Waals surface area contributed by atoms with Gasteiger partial charge in [-0.1, -0.05) is 24.6 Å². The van der Waals surface area contributed by atoms with Crippen LogP contribution in [-0.4, -0.2) is 59.5 Å². The number of fused-ring (bicyclic) bond motifs is 4. The maximum Gasteiger partial charge on any atom is 0.272 e. The van der Waals surface area contributed by atoms with Crippen molar-refractivity contribution in [2.24, 2.45) is 11.8 Å². The molecule has 4 heterocycles. The molecule has 158 valence electrons. The molecule has 3 saturated heterocycles. The highest BCUT2D eigenvalue weighted by molar-refractivity contribution is 5.92. The third-order valence-electron chi connectivity index (χ3n) is 7.37. The molecule has 1 aromatic carbocycles. The first kappa shape index (κ1) is 19.6. The third-order valence-corrected chi connectivity index (χ3v) is 7.37. The minimum absolute atomic E-state index is 0.0923. The highest BCUT2D eigenvalue weighted by Crippen LogP contribution is 2.42. The second-order valence-electron chi connectivity index (χ2n) is 9.10. The first-order valence-electron chi connectivity index (χ1n) is 11.3. The average molecular weight is 406 g/mol. The molecule has 0 spiro atoms. The fraction of sp³-hybridized carbons (Fsp3) is 0.520. The molecule has 4 atom stereocenters. The van der Waals surface area contributed by atoms with Gasteiger partial charge in [0.15, 0.2) is 0 Å². The van der Waals surface area contributed by atoms with Crippen LogP contribution in [0.3, 0.4) is 0 Å². The summed E-state index contributed by atoms with van der Waals surface area (Å²) in [5.74, 6) is 2.11. The molecule has 0 radical (unpaired) electrons. The second kappa shape index (κ2) is 8.38. The van der Waals surface area contributed by atoms with E-state index < -0.39 is 0 Å².